The summed E-state index contributed by atoms with van der Waals surface area (Å²) < 4.78 is 15.2. The van der Waals surface area contributed by atoms with Crippen LogP contribution in [0, 0.1) is 26.6 Å². The van der Waals surface area contributed by atoms with E-state index < -0.39 is 0 Å². The highest BCUT2D eigenvalue weighted by Gasteiger charge is 2.15. The van der Waals surface area contributed by atoms with Gasteiger partial charge in [-0.2, -0.15) is 9.50 Å². The minimum Gasteiger partial charge on any atom is -0.340 e. The molecule has 0 aliphatic carbocycles. The van der Waals surface area contributed by atoms with Gasteiger partial charge in [-0.25, -0.2) is 9.37 Å². The Bertz CT molecular complexity index is 1190. The Morgan fingerprint density at radius 3 is 2.64 bits per heavy atom. The van der Waals surface area contributed by atoms with E-state index in [9.17, 15) is 4.39 Å². The molecule has 0 saturated heterocycles. The van der Waals surface area contributed by atoms with Crippen molar-refractivity contribution in [1.82, 2.24) is 19.6 Å². The Hall–Kier alpha value is -2.99. The summed E-state index contributed by atoms with van der Waals surface area (Å²) >= 11 is 6.26. The molecule has 7 heteroatoms. The first-order chi connectivity index (χ1) is 13.4. The van der Waals surface area contributed by atoms with Crippen LogP contribution in [0.4, 0.5) is 15.9 Å². The number of rotatable bonds is 4. The second-order valence-electron chi connectivity index (χ2n) is 6.81. The lowest BCUT2D eigenvalue weighted by atomic mass is 10.1. The molecule has 0 bridgehead atoms. The highest BCUT2D eigenvalue weighted by Crippen LogP contribution is 2.26. The summed E-state index contributed by atoms with van der Waals surface area (Å²) in [7, 11) is 0. The maximum atomic E-state index is 13.5. The fourth-order valence-corrected chi connectivity index (χ4v) is 3.17. The number of nitrogens with zero attached hydrogens (tertiary/aromatic N) is 4. The molecule has 0 spiro atoms. The zero-order chi connectivity index (χ0) is 19.8. The van der Waals surface area contributed by atoms with Crippen molar-refractivity contribution in [2.45, 2.75) is 27.2 Å². The SMILES string of the molecule is Cc1ccc(Nc2c(C)c(C)nc3nc(Cc4cccc(F)c4)nn23)cc1Cl. The Labute approximate surface area is 167 Å². The van der Waals surface area contributed by atoms with Gasteiger partial charge >= 0.3 is 0 Å². The number of hydrogen-bond donors (Lipinski definition) is 1. The molecule has 2 aromatic carbocycles. The number of anilines is 2. The largest absolute Gasteiger partial charge is 0.340 e. The Kier molecular flexibility index (Phi) is 4.73. The zero-order valence-corrected chi connectivity index (χ0v) is 16.5. The van der Waals surface area contributed by atoms with E-state index in [2.05, 4.69) is 20.4 Å². The molecule has 1 N–H and O–H groups in total. The van der Waals surface area contributed by atoms with Crippen molar-refractivity contribution in [2.24, 2.45) is 0 Å². The van der Waals surface area contributed by atoms with Crippen molar-refractivity contribution in [2.75, 3.05) is 5.32 Å². The van der Waals surface area contributed by atoms with Crippen LogP contribution >= 0.6 is 11.6 Å². The van der Waals surface area contributed by atoms with Crippen LogP contribution in [-0.2, 0) is 6.42 Å². The average Bonchev–Trinajstić information content (AvgIpc) is 3.04. The summed E-state index contributed by atoms with van der Waals surface area (Å²) in [4.78, 5) is 9.06. The standard InChI is InChI=1S/C21H19ClFN5/c1-12-7-8-17(11-18(12)22)25-20-13(2)14(3)24-21-26-19(27-28(20)21)10-15-5-4-6-16(23)9-15/h4-9,11,25H,10H2,1-3H3. The highest BCUT2D eigenvalue weighted by molar-refractivity contribution is 6.31. The van der Waals surface area contributed by atoms with Gasteiger partial charge in [0, 0.05) is 28.4 Å². The molecule has 2 heterocycles. The fraction of sp³-hybridized carbons (Fsp3) is 0.190. The van der Waals surface area contributed by atoms with Crippen LogP contribution in [0.25, 0.3) is 5.78 Å². The van der Waals surface area contributed by atoms with Crippen molar-refractivity contribution in [3.05, 3.63) is 81.5 Å². The number of nitrogens with one attached hydrogen (secondary N) is 1. The lowest BCUT2D eigenvalue weighted by Crippen LogP contribution is -2.06. The molecule has 4 aromatic rings. The Morgan fingerprint density at radius 2 is 1.89 bits per heavy atom. The molecule has 142 valence electrons. The number of aryl methyl sites for hydroxylation is 2. The van der Waals surface area contributed by atoms with E-state index >= 15 is 0 Å². The van der Waals surface area contributed by atoms with E-state index in [1.807, 2.05) is 45.0 Å². The molecule has 0 atom stereocenters. The molecule has 0 aliphatic heterocycles. The zero-order valence-electron chi connectivity index (χ0n) is 15.8. The molecule has 0 radical (unpaired) electrons. The predicted molar refractivity (Wildman–Crippen MR) is 109 cm³/mol. The fourth-order valence-electron chi connectivity index (χ4n) is 2.99. The van der Waals surface area contributed by atoms with Crippen LogP contribution in [0.5, 0.6) is 0 Å². The van der Waals surface area contributed by atoms with E-state index in [4.69, 9.17) is 11.6 Å². The maximum Gasteiger partial charge on any atom is 0.254 e. The van der Waals surface area contributed by atoms with Gasteiger partial charge in [0.15, 0.2) is 5.82 Å². The lowest BCUT2D eigenvalue weighted by molar-refractivity contribution is 0.625. The number of aromatic nitrogens is 4. The van der Waals surface area contributed by atoms with Crippen LogP contribution in [0.1, 0.15) is 28.2 Å². The smallest absolute Gasteiger partial charge is 0.254 e. The van der Waals surface area contributed by atoms with E-state index in [1.165, 1.54) is 12.1 Å². The van der Waals surface area contributed by atoms with Gasteiger partial charge in [-0.3, -0.25) is 0 Å². The monoisotopic (exact) mass is 395 g/mol. The normalized spacial score (nSPS) is 11.2. The van der Waals surface area contributed by atoms with Gasteiger partial charge in [-0.1, -0.05) is 29.8 Å². The van der Waals surface area contributed by atoms with Crippen molar-refractivity contribution >= 4 is 28.9 Å². The number of halogens is 2. The van der Waals surface area contributed by atoms with Crippen LogP contribution in [0.3, 0.4) is 0 Å². The minimum atomic E-state index is -0.273. The minimum absolute atomic E-state index is 0.273. The summed E-state index contributed by atoms with van der Waals surface area (Å²) in [6.07, 6.45) is 0.426. The van der Waals surface area contributed by atoms with Gasteiger partial charge in [-0.05, 0) is 56.2 Å². The summed E-state index contributed by atoms with van der Waals surface area (Å²) in [5.74, 6) is 1.58. The van der Waals surface area contributed by atoms with Gasteiger partial charge in [0.05, 0.1) is 0 Å². The van der Waals surface area contributed by atoms with Crippen molar-refractivity contribution < 1.29 is 4.39 Å². The summed E-state index contributed by atoms with van der Waals surface area (Å²) in [5.41, 5.74) is 4.50. The van der Waals surface area contributed by atoms with Crippen LogP contribution < -0.4 is 5.32 Å². The number of hydrogen-bond acceptors (Lipinski definition) is 4. The number of benzene rings is 2. The van der Waals surface area contributed by atoms with Gasteiger partial charge in [0.1, 0.15) is 11.6 Å². The van der Waals surface area contributed by atoms with Crippen LogP contribution in [-0.4, -0.2) is 19.6 Å². The maximum absolute atomic E-state index is 13.5. The van der Waals surface area contributed by atoms with Gasteiger partial charge in [-0.15, -0.1) is 5.10 Å². The third-order valence-electron chi connectivity index (χ3n) is 4.70. The molecular formula is C21H19ClFN5. The van der Waals surface area contributed by atoms with Crippen molar-refractivity contribution in [1.29, 1.82) is 0 Å². The second-order valence-corrected chi connectivity index (χ2v) is 7.21. The Balaban J connectivity index is 1.75. The summed E-state index contributed by atoms with van der Waals surface area (Å²) in [5, 5.41) is 8.68. The summed E-state index contributed by atoms with van der Waals surface area (Å²) in [6, 6.07) is 12.2. The van der Waals surface area contributed by atoms with Crippen LogP contribution in [0.15, 0.2) is 42.5 Å². The molecular weight excluding hydrogens is 377 g/mol. The van der Waals surface area contributed by atoms with Gasteiger partial charge < -0.3 is 5.32 Å². The lowest BCUT2D eigenvalue weighted by Gasteiger charge is -2.13. The third-order valence-corrected chi connectivity index (χ3v) is 5.10. The van der Waals surface area contributed by atoms with Gasteiger partial charge in [0.25, 0.3) is 5.78 Å². The molecule has 0 amide bonds. The quantitative estimate of drug-likeness (QED) is 0.517. The molecule has 0 fully saturated rings. The molecule has 0 unspecified atom stereocenters. The molecule has 2 aromatic heterocycles. The third kappa shape index (κ3) is 3.55. The van der Waals surface area contributed by atoms with Crippen LogP contribution in [0.2, 0.25) is 5.02 Å². The molecule has 0 saturated carbocycles. The first-order valence-corrected chi connectivity index (χ1v) is 9.29. The topological polar surface area (TPSA) is 55.1 Å². The Morgan fingerprint density at radius 1 is 1.07 bits per heavy atom. The van der Waals surface area contributed by atoms with E-state index in [0.717, 1.165) is 33.9 Å². The number of fused-ring (bicyclic) bond motifs is 1. The van der Waals surface area contributed by atoms with E-state index in [1.54, 1.807) is 10.6 Å². The van der Waals surface area contributed by atoms with E-state index in [0.29, 0.717) is 23.0 Å². The van der Waals surface area contributed by atoms with Crippen molar-refractivity contribution in [3.8, 4) is 0 Å². The molecule has 5 nitrogen and oxygen atoms in total. The predicted octanol–water partition coefficient (Wildman–Crippen LogP) is 5.18. The molecule has 0 aliphatic rings. The first kappa shape index (κ1) is 18.4. The van der Waals surface area contributed by atoms with Gasteiger partial charge in [0.2, 0.25) is 0 Å². The van der Waals surface area contributed by atoms with E-state index in [-0.39, 0.29) is 5.82 Å². The first-order valence-electron chi connectivity index (χ1n) is 8.91. The highest BCUT2D eigenvalue weighted by atomic mass is 35.5. The molecule has 28 heavy (non-hydrogen) atoms. The summed E-state index contributed by atoms with van der Waals surface area (Å²) in [6.45, 7) is 5.87. The molecule has 4 rings (SSSR count). The average molecular weight is 396 g/mol. The second kappa shape index (κ2) is 7.20. The van der Waals surface area contributed by atoms with Crippen molar-refractivity contribution in [3.63, 3.8) is 0 Å².